The van der Waals surface area contributed by atoms with Crippen molar-refractivity contribution >= 4 is 17.9 Å². The minimum absolute atomic E-state index is 0.00267. The summed E-state index contributed by atoms with van der Waals surface area (Å²) >= 11 is 0. The van der Waals surface area contributed by atoms with Crippen molar-refractivity contribution in [2.45, 2.75) is 33.0 Å². The number of nitrogens with zero attached hydrogens (tertiary/aromatic N) is 3. The van der Waals surface area contributed by atoms with Crippen molar-refractivity contribution in [3.63, 3.8) is 0 Å². The number of rotatable bonds is 12. The Morgan fingerprint density at radius 2 is 1.49 bits per heavy atom. The molecule has 0 saturated heterocycles. The second kappa shape index (κ2) is 13.9. The Morgan fingerprint density at radius 1 is 0.795 bits per heavy atom. The van der Waals surface area contributed by atoms with Crippen LogP contribution in [0, 0.1) is 5.82 Å². The van der Waals surface area contributed by atoms with Crippen LogP contribution in [0.1, 0.15) is 35.7 Å². The molecule has 4 aromatic rings. The third-order valence-electron chi connectivity index (χ3n) is 6.46. The maximum Gasteiger partial charge on any atom is 0.247 e. The van der Waals surface area contributed by atoms with Crippen LogP contribution in [0.4, 0.5) is 4.39 Å². The van der Waals surface area contributed by atoms with E-state index in [-0.39, 0.29) is 24.2 Å². The van der Waals surface area contributed by atoms with E-state index in [1.54, 1.807) is 28.0 Å². The van der Waals surface area contributed by atoms with Crippen LogP contribution in [-0.2, 0) is 29.2 Å². The Bertz CT molecular complexity index is 1370. The average Bonchev–Trinajstić information content (AvgIpc) is 3.39. The van der Waals surface area contributed by atoms with E-state index in [0.717, 1.165) is 28.8 Å². The maximum absolute atomic E-state index is 13.7. The molecule has 0 radical (unpaired) electrons. The number of benzene rings is 3. The molecule has 0 aliphatic rings. The second-order valence-electron chi connectivity index (χ2n) is 9.49. The molecule has 0 spiro atoms. The van der Waals surface area contributed by atoms with Gasteiger partial charge in [-0.25, -0.2) is 4.39 Å². The lowest BCUT2D eigenvalue weighted by Crippen LogP contribution is -2.42. The molecule has 0 unspecified atom stereocenters. The molecule has 0 aliphatic carbocycles. The number of halogens is 1. The van der Waals surface area contributed by atoms with E-state index in [1.807, 2.05) is 85.9 Å². The number of aromatic nitrogens is 1. The van der Waals surface area contributed by atoms with Gasteiger partial charge < -0.3 is 14.4 Å². The Morgan fingerprint density at radius 3 is 2.18 bits per heavy atom. The van der Waals surface area contributed by atoms with Crippen molar-refractivity contribution < 1.29 is 14.0 Å². The molecule has 0 aliphatic heterocycles. The van der Waals surface area contributed by atoms with E-state index in [0.29, 0.717) is 26.2 Å². The van der Waals surface area contributed by atoms with Gasteiger partial charge in [0.25, 0.3) is 0 Å². The van der Waals surface area contributed by atoms with Gasteiger partial charge in [0.05, 0.1) is 6.54 Å². The number of hydrogen-bond acceptors (Lipinski definition) is 2. The normalized spacial score (nSPS) is 11.0. The average molecular weight is 524 g/mol. The first kappa shape index (κ1) is 27.6. The number of amides is 2. The van der Waals surface area contributed by atoms with Crippen LogP contribution >= 0.6 is 0 Å². The SMILES string of the molecule is CCCN(CC(=O)N(Cc1ccccc1)Cc1cccn1Cc1ccc(F)cc1)C(=O)C=Cc1ccccc1. The van der Waals surface area contributed by atoms with Gasteiger partial charge >= 0.3 is 0 Å². The van der Waals surface area contributed by atoms with Crippen LogP contribution in [0.25, 0.3) is 6.08 Å². The van der Waals surface area contributed by atoms with Crippen molar-refractivity contribution in [1.29, 1.82) is 0 Å². The topological polar surface area (TPSA) is 45.6 Å². The lowest BCUT2D eigenvalue weighted by Gasteiger charge is -2.28. The van der Waals surface area contributed by atoms with E-state index in [9.17, 15) is 14.0 Å². The summed E-state index contributed by atoms with van der Waals surface area (Å²) in [5.74, 6) is -0.576. The van der Waals surface area contributed by atoms with E-state index >= 15 is 0 Å². The highest BCUT2D eigenvalue weighted by molar-refractivity contribution is 5.94. The molecule has 0 saturated carbocycles. The van der Waals surface area contributed by atoms with E-state index in [4.69, 9.17) is 0 Å². The van der Waals surface area contributed by atoms with Gasteiger partial charge in [0, 0.05) is 37.6 Å². The van der Waals surface area contributed by atoms with Crippen LogP contribution in [0.5, 0.6) is 0 Å². The minimum atomic E-state index is -0.268. The van der Waals surface area contributed by atoms with Gasteiger partial charge in [-0.3, -0.25) is 9.59 Å². The van der Waals surface area contributed by atoms with E-state index < -0.39 is 0 Å². The molecule has 5 nitrogen and oxygen atoms in total. The number of carbonyl (C=O) groups excluding carboxylic acids is 2. The molecule has 3 aromatic carbocycles. The fraction of sp³-hybridized carbons (Fsp3) is 0.212. The van der Waals surface area contributed by atoms with Gasteiger partial charge in [0.15, 0.2) is 0 Å². The van der Waals surface area contributed by atoms with Gasteiger partial charge in [-0.15, -0.1) is 0 Å². The van der Waals surface area contributed by atoms with Crippen molar-refractivity contribution in [1.82, 2.24) is 14.4 Å². The predicted molar refractivity (Wildman–Crippen MR) is 153 cm³/mol. The van der Waals surface area contributed by atoms with Crippen molar-refractivity contribution in [2.24, 2.45) is 0 Å². The second-order valence-corrected chi connectivity index (χ2v) is 9.49. The van der Waals surface area contributed by atoms with Gasteiger partial charge in [-0.05, 0) is 53.5 Å². The van der Waals surface area contributed by atoms with Crippen LogP contribution in [0.3, 0.4) is 0 Å². The molecule has 0 atom stereocenters. The Kier molecular flexibility index (Phi) is 9.84. The fourth-order valence-corrected chi connectivity index (χ4v) is 4.40. The lowest BCUT2D eigenvalue weighted by molar-refractivity contribution is -0.139. The van der Waals surface area contributed by atoms with Crippen LogP contribution in [0.2, 0.25) is 0 Å². The third kappa shape index (κ3) is 8.27. The van der Waals surface area contributed by atoms with E-state index in [2.05, 4.69) is 4.57 Å². The molecule has 1 heterocycles. The molecular weight excluding hydrogens is 489 g/mol. The highest BCUT2D eigenvalue weighted by atomic mass is 19.1. The summed E-state index contributed by atoms with van der Waals surface area (Å²) in [6.07, 6.45) is 6.02. The number of hydrogen-bond donors (Lipinski definition) is 0. The van der Waals surface area contributed by atoms with E-state index in [1.165, 1.54) is 18.2 Å². The summed E-state index contributed by atoms with van der Waals surface area (Å²) in [6, 6.07) is 29.9. The zero-order valence-electron chi connectivity index (χ0n) is 22.2. The lowest BCUT2D eigenvalue weighted by atomic mass is 10.2. The van der Waals surface area contributed by atoms with Gasteiger partial charge in [0.1, 0.15) is 12.4 Å². The van der Waals surface area contributed by atoms with Crippen molar-refractivity contribution in [3.8, 4) is 0 Å². The zero-order chi connectivity index (χ0) is 27.5. The van der Waals surface area contributed by atoms with Crippen LogP contribution in [-0.4, -0.2) is 39.3 Å². The summed E-state index contributed by atoms with van der Waals surface area (Å²) in [7, 11) is 0. The van der Waals surface area contributed by atoms with Crippen LogP contribution in [0.15, 0.2) is 109 Å². The molecule has 4 rings (SSSR count). The zero-order valence-corrected chi connectivity index (χ0v) is 22.2. The predicted octanol–water partition coefficient (Wildman–Crippen LogP) is 6.16. The Labute approximate surface area is 229 Å². The fourth-order valence-electron chi connectivity index (χ4n) is 4.40. The highest BCUT2D eigenvalue weighted by Gasteiger charge is 2.21. The molecule has 0 fully saturated rings. The molecular formula is C33H34FN3O2. The molecule has 0 N–H and O–H groups in total. The maximum atomic E-state index is 13.7. The van der Waals surface area contributed by atoms with Gasteiger partial charge in [-0.1, -0.05) is 79.7 Å². The summed E-state index contributed by atoms with van der Waals surface area (Å²) in [5.41, 5.74) is 3.88. The molecule has 0 bridgehead atoms. The quantitative estimate of drug-likeness (QED) is 0.209. The Balaban J connectivity index is 1.51. The summed E-state index contributed by atoms with van der Waals surface area (Å²) in [4.78, 5) is 30.2. The third-order valence-corrected chi connectivity index (χ3v) is 6.46. The molecule has 2 amide bonds. The van der Waals surface area contributed by atoms with Gasteiger partial charge in [-0.2, -0.15) is 0 Å². The van der Waals surface area contributed by atoms with Gasteiger partial charge in [0.2, 0.25) is 11.8 Å². The van der Waals surface area contributed by atoms with Crippen LogP contribution < -0.4 is 0 Å². The molecule has 39 heavy (non-hydrogen) atoms. The molecule has 200 valence electrons. The summed E-state index contributed by atoms with van der Waals surface area (Å²) in [5, 5.41) is 0. The molecule has 1 aromatic heterocycles. The first-order valence-corrected chi connectivity index (χ1v) is 13.2. The summed E-state index contributed by atoms with van der Waals surface area (Å²) in [6.45, 7) is 3.86. The minimum Gasteiger partial charge on any atom is -0.345 e. The first-order valence-electron chi connectivity index (χ1n) is 13.2. The number of carbonyl (C=O) groups is 2. The standard InChI is InChI=1S/C33H34FN3O2/c1-2-21-36(32(38)20-17-27-10-5-3-6-11-27)26-33(39)37(24-28-12-7-4-8-13-28)25-31-14-9-22-35(31)23-29-15-18-30(34)19-16-29/h3-20,22H,2,21,23-26H2,1H3. The first-order chi connectivity index (χ1) is 19.0. The highest BCUT2D eigenvalue weighted by Crippen LogP contribution is 2.15. The van der Waals surface area contributed by atoms with Crippen molar-refractivity contribution in [3.05, 3.63) is 138 Å². The summed E-state index contributed by atoms with van der Waals surface area (Å²) < 4.78 is 15.4. The molecule has 6 heteroatoms. The Hall–Kier alpha value is -4.45. The smallest absolute Gasteiger partial charge is 0.247 e. The largest absolute Gasteiger partial charge is 0.345 e. The monoisotopic (exact) mass is 523 g/mol. The van der Waals surface area contributed by atoms with Crippen molar-refractivity contribution in [2.75, 3.05) is 13.1 Å².